The van der Waals surface area contributed by atoms with Crippen LogP contribution in [0.3, 0.4) is 0 Å². The van der Waals surface area contributed by atoms with E-state index in [0.29, 0.717) is 23.2 Å². The molecule has 1 aliphatic carbocycles. The molecule has 2 aromatic heterocycles. The van der Waals surface area contributed by atoms with E-state index in [4.69, 9.17) is 0 Å². The monoisotopic (exact) mass is 371 g/mol. The van der Waals surface area contributed by atoms with Gasteiger partial charge >= 0.3 is 0 Å². The third-order valence-electron chi connectivity index (χ3n) is 4.73. The lowest BCUT2D eigenvalue weighted by Crippen LogP contribution is -2.12. The Labute approximate surface area is 154 Å². The molecule has 1 fully saturated rings. The van der Waals surface area contributed by atoms with Crippen LogP contribution in [0.1, 0.15) is 49.4 Å². The van der Waals surface area contributed by atoms with E-state index in [9.17, 15) is 8.78 Å². The van der Waals surface area contributed by atoms with E-state index in [-0.39, 0.29) is 5.95 Å². The number of hydrogen-bond acceptors (Lipinski definition) is 6. The summed E-state index contributed by atoms with van der Waals surface area (Å²) >= 11 is 0. The van der Waals surface area contributed by atoms with Crippen molar-refractivity contribution in [1.82, 2.24) is 25.1 Å². The first-order valence-electron chi connectivity index (χ1n) is 8.81. The summed E-state index contributed by atoms with van der Waals surface area (Å²) in [4.78, 5) is 12.4. The molecule has 1 aromatic carbocycles. The number of nitrogens with one attached hydrogen (secondary N) is 3. The van der Waals surface area contributed by atoms with Crippen molar-refractivity contribution in [3.63, 3.8) is 0 Å². The van der Waals surface area contributed by atoms with Crippen molar-refractivity contribution in [3.8, 4) is 0 Å². The summed E-state index contributed by atoms with van der Waals surface area (Å²) in [6.07, 6.45) is 4.96. The number of nitrogens with zero attached hydrogens (tertiary/aromatic N) is 4. The van der Waals surface area contributed by atoms with E-state index in [2.05, 4.69) is 35.8 Å². The maximum Gasteiger partial charge on any atom is 0.233 e. The molecule has 1 aliphatic rings. The molecule has 27 heavy (non-hydrogen) atoms. The van der Waals surface area contributed by atoms with Crippen molar-refractivity contribution in [2.24, 2.45) is 0 Å². The molecular formula is C18H19F2N7. The van der Waals surface area contributed by atoms with Crippen LogP contribution in [-0.4, -0.2) is 25.1 Å². The number of aromatic nitrogens is 5. The fraction of sp³-hybridized carbons (Fsp3) is 0.333. The van der Waals surface area contributed by atoms with E-state index in [1.54, 1.807) is 6.92 Å². The number of rotatable bonds is 6. The van der Waals surface area contributed by atoms with Crippen LogP contribution in [0, 0.1) is 11.6 Å². The fourth-order valence-electron chi connectivity index (χ4n) is 2.99. The van der Waals surface area contributed by atoms with Gasteiger partial charge in [0.15, 0.2) is 5.82 Å². The molecule has 4 rings (SSSR count). The van der Waals surface area contributed by atoms with Crippen LogP contribution < -0.4 is 10.6 Å². The second-order valence-electron chi connectivity index (χ2n) is 6.63. The molecule has 0 aliphatic heterocycles. The molecule has 3 N–H and O–H groups in total. The molecule has 1 saturated carbocycles. The van der Waals surface area contributed by atoms with Crippen molar-refractivity contribution >= 4 is 17.7 Å². The van der Waals surface area contributed by atoms with Gasteiger partial charge in [-0.05, 0) is 25.8 Å². The molecule has 0 radical (unpaired) electrons. The lowest BCUT2D eigenvalue weighted by atomic mass is 9.83. The highest BCUT2D eigenvalue weighted by Crippen LogP contribution is 2.36. The molecule has 0 spiro atoms. The van der Waals surface area contributed by atoms with Crippen LogP contribution in [0.15, 0.2) is 30.6 Å². The normalized spacial score (nSPS) is 15.2. The Hall–Kier alpha value is -3.10. The predicted molar refractivity (Wildman–Crippen MR) is 96.7 cm³/mol. The van der Waals surface area contributed by atoms with E-state index in [1.165, 1.54) is 37.7 Å². The van der Waals surface area contributed by atoms with E-state index in [0.717, 1.165) is 11.8 Å². The minimum absolute atomic E-state index is 0.276. The van der Waals surface area contributed by atoms with Crippen molar-refractivity contribution < 1.29 is 8.78 Å². The summed E-state index contributed by atoms with van der Waals surface area (Å²) in [5, 5.41) is 13.3. The lowest BCUT2D eigenvalue weighted by Gasteiger charge is -2.23. The summed E-state index contributed by atoms with van der Waals surface area (Å²) in [5.41, 5.74) is 1.43. The number of anilines is 3. The maximum absolute atomic E-state index is 13.9. The number of hydrogen-bond donors (Lipinski definition) is 3. The van der Waals surface area contributed by atoms with Gasteiger partial charge in [-0.3, -0.25) is 5.10 Å². The van der Waals surface area contributed by atoms with Crippen molar-refractivity contribution in [2.75, 3.05) is 10.6 Å². The van der Waals surface area contributed by atoms with Crippen molar-refractivity contribution in [1.29, 1.82) is 0 Å². The van der Waals surface area contributed by atoms with Crippen LogP contribution in [0.25, 0.3) is 0 Å². The van der Waals surface area contributed by atoms with Crippen LogP contribution >= 0.6 is 0 Å². The molecule has 0 saturated heterocycles. The first-order valence-corrected chi connectivity index (χ1v) is 8.81. The van der Waals surface area contributed by atoms with Gasteiger partial charge < -0.3 is 10.6 Å². The average molecular weight is 371 g/mol. The molecular weight excluding hydrogens is 352 g/mol. The Kier molecular flexibility index (Phi) is 4.66. The Morgan fingerprint density at radius 1 is 1.15 bits per heavy atom. The van der Waals surface area contributed by atoms with Gasteiger partial charge in [0.2, 0.25) is 11.9 Å². The van der Waals surface area contributed by atoms with E-state index in [1.807, 2.05) is 6.07 Å². The van der Waals surface area contributed by atoms with E-state index >= 15 is 0 Å². The molecule has 9 heteroatoms. The molecule has 1 unspecified atom stereocenters. The molecule has 0 bridgehead atoms. The van der Waals surface area contributed by atoms with Gasteiger partial charge in [0.25, 0.3) is 0 Å². The Bertz CT molecular complexity index is 939. The topological polar surface area (TPSA) is 91.4 Å². The highest BCUT2D eigenvalue weighted by atomic mass is 19.1. The van der Waals surface area contributed by atoms with E-state index < -0.39 is 17.7 Å². The Morgan fingerprint density at radius 2 is 1.96 bits per heavy atom. The van der Waals surface area contributed by atoms with Crippen molar-refractivity contribution in [3.05, 3.63) is 53.5 Å². The highest BCUT2D eigenvalue weighted by molar-refractivity contribution is 5.49. The third-order valence-corrected chi connectivity index (χ3v) is 4.73. The fourth-order valence-corrected chi connectivity index (χ4v) is 2.99. The summed E-state index contributed by atoms with van der Waals surface area (Å²) in [5.74, 6) is 0.545. The second-order valence-corrected chi connectivity index (χ2v) is 6.63. The molecule has 1 atom stereocenters. The Balaban J connectivity index is 1.44. The van der Waals surface area contributed by atoms with Crippen LogP contribution in [0.5, 0.6) is 0 Å². The summed E-state index contributed by atoms with van der Waals surface area (Å²) in [6, 6.07) is 4.97. The minimum Gasteiger partial charge on any atom is -0.347 e. The zero-order valence-corrected chi connectivity index (χ0v) is 14.7. The van der Waals surface area contributed by atoms with Gasteiger partial charge in [-0.25, -0.2) is 18.7 Å². The van der Waals surface area contributed by atoms with Gasteiger partial charge in [-0.1, -0.05) is 12.5 Å². The quantitative estimate of drug-likeness (QED) is 0.605. The van der Waals surface area contributed by atoms with Crippen LogP contribution in [0.2, 0.25) is 0 Å². The largest absolute Gasteiger partial charge is 0.347 e. The first-order chi connectivity index (χ1) is 13.1. The summed E-state index contributed by atoms with van der Waals surface area (Å²) in [6.45, 7) is 1.74. The lowest BCUT2D eigenvalue weighted by molar-refractivity contribution is 0.410. The minimum atomic E-state index is -0.623. The number of benzene rings is 1. The second kappa shape index (κ2) is 7.26. The SMILES string of the molecule is CC(Nc1ncnc(Nc2cc(C3CCC3)[nH]n2)n1)c1ccc(F)cc1F. The van der Waals surface area contributed by atoms with Gasteiger partial charge in [0, 0.05) is 29.3 Å². The molecule has 7 nitrogen and oxygen atoms in total. The first kappa shape index (κ1) is 17.3. The molecule has 2 heterocycles. The number of H-pyrrole nitrogens is 1. The number of aromatic amines is 1. The third kappa shape index (κ3) is 3.86. The summed E-state index contributed by atoms with van der Waals surface area (Å²) < 4.78 is 27.0. The molecule has 140 valence electrons. The van der Waals surface area contributed by atoms with Gasteiger partial charge in [0.1, 0.15) is 18.0 Å². The molecule has 0 amide bonds. The average Bonchev–Trinajstić information content (AvgIpc) is 3.01. The maximum atomic E-state index is 13.9. The number of halogens is 2. The predicted octanol–water partition coefficient (Wildman–Crippen LogP) is 4.06. The van der Waals surface area contributed by atoms with Crippen LogP contribution in [0.4, 0.5) is 26.5 Å². The van der Waals surface area contributed by atoms with Gasteiger partial charge in [0.05, 0.1) is 6.04 Å². The summed E-state index contributed by atoms with van der Waals surface area (Å²) in [7, 11) is 0. The zero-order valence-electron chi connectivity index (χ0n) is 14.7. The van der Waals surface area contributed by atoms with Gasteiger partial charge in [-0.15, -0.1) is 0 Å². The van der Waals surface area contributed by atoms with Gasteiger partial charge in [-0.2, -0.15) is 10.1 Å². The Morgan fingerprint density at radius 3 is 2.70 bits per heavy atom. The van der Waals surface area contributed by atoms with Crippen molar-refractivity contribution in [2.45, 2.75) is 38.1 Å². The highest BCUT2D eigenvalue weighted by Gasteiger charge is 2.21. The standard InChI is InChI=1S/C18H19F2N7/c1-10(13-6-5-12(19)7-14(13)20)23-17-21-9-22-18(25-17)24-16-8-15(26-27-16)11-3-2-4-11/h5-11H,2-4H2,1H3,(H3,21,22,23,24,25,26,27). The smallest absolute Gasteiger partial charge is 0.233 e. The zero-order chi connectivity index (χ0) is 18.8. The van der Waals surface area contributed by atoms with Crippen LogP contribution in [-0.2, 0) is 0 Å². The molecule has 3 aromatic rings.